The predicted molar refractivity (Wildman–Crippen MR) is 114 cm³/mol. The van der Waals surface area contributed by atoms with E-state index in [1.54, 1.807) is 0 Å². The van der Waals surface area contributed by atoms with Crippen LogP contribution in [0.15, 0.2) is 66.7 Å². The molecule has 3 aromatic rings. The molecule has 146 valence electrons. The highest BCUT2D eigenvalue weighted by Gasteiger charge is 2.09. The first-order valence-electron chi connectivity index (χ1n) is 10.0. The van der Waals surface area contributed by atoms with Crippen LogP contribution in [0.4, 0.5) is 0 Å². The van der Waals surface area contributed by atoms with Crippen LogP contribution in [0.2, 0.25) is 0 Å². The van der Waals surface area contributed by atoms with Crippen LogP contribution in [-0.2, 0) is 11.3 Å². The molecule has 0 aliphatic carbocycles. The van der Waals surface area contributed by atoms with E-state index in [2.05, 4.69) is 13.8 Å². The van der Waals surface area contributed by atoms with Crippen LogP contribution < -0.4 is 4.74 Å². The topological polar surface area (TPSA) is 35.5 Å². The lowest BCUT2D eigenvalue weighted by Crippen LogP contribution is -2.07. The van der Waals surface area contributed by atoms with E-state index in [-0.39, 0.29) is 5.97 Å². The van der Waals surface area contributed by atoms with Crippen LogP contribution in [0, 0.1) is 5.92 Å². The molecule has 3 rings (SSSR count). The maximum absolute atomic E-state index is 12.3. The molecular formula is C25H28O3. The number of benzene rings is 3. The molecular weight excluding hydrogens is 348 g/mol. The van der Waals surface area contributed by atoms with Gasteiger partial charge in [0.15, 0.2) is 0 Å². The second kappa shape index (κ2) is 9.93. The first-order chi connectivity index (χ1) is 13.7. The minimum atomic E-state index is -0.254. The van der Waals surface area contributed by atoms with Crippen LogP contribution in [-0.4, -0.2) is 12.6 Å². The molecule has 3 nitrogen and oxygen atoms in total. The van der Waals surface area contributed by atoms with Gasteiger partial charge in [0, 0.05) is 0 Å². The van der Waals surface area contributed by atoms with Gasteiger partial charge >= 0.3 is 5.97 Å². The predicted octanol–water partition coefficient (Wildman–Crippen LogP) is 6.40. The Morgan fingerprint density at radius 2 is 1.71 bits per heavy atom. The standard InChI is InChI=1S/C25H28O3/c1-3-19(2)8-7-15-27-25(26)23-12-11-22-17-24(14-13-21(22)16-23)28-18-20-9-5-4-6-10-20/h4-6,9-14,16-17,19H,3,7-8,15,18H2,1-2H3/t19-/m0/s1. The Morgan fingerprint density at radius 1 is 0.964 bits per heavy atom. The van der Waals surface area contributed by atoms with E-state index in [0.717, 1.165) is 41.3 Å². The largest absolute Gasteiger partial charge is 0.489 e. The zero-order valence-corrected chi connectivity index (χ0v) is 16.7. The van der Waals surface area contributed by atoms with Gasteiger partial charge < -0.3 is 9.47 Å². The van der Waals surface area contributed by atoms with Gasteiger partial charge in [-0.25, -0.2) is 4.79 Å². The second-order valence-electron chi connectivity index (χ2n) is 7.29. The highest BCUT2D eigenvalue weighted by Crippen LogP contribution is 2.23. The van der Waals surface area contributed by atoms with Gasteiger partial charge in [0.2, 0.25) is 0 Å². The van der Waals surface area contributed by atoms with E-state index >= 15 is 0 Å². The van der Waals surface area contributed by atoms with Crippen molar-refractivity contribution < 1.29 is 14.3 Å². The maximum atomic E-state index is 12.3. The van der Waals surface area contributed by atoms with Crippen molar-refractivity contribution in [2.45, 2.75) is 39.7 Å². The van der Waals surface area contributed by atoms with Crippen molar-refractivity contribution >= 4 is 16.7 Å². The van der Waals surface area contributed by atoms with Gasteiger partial charge in [-0.1, -0.05) is 62.7 Å². The molecule has 0 aliphatic rings. The molecule has 3 heteroatoms. The van der Waals surface area contributed by atoms with Gasteiger partial charge in [0.05, 0.1) is 12.2 Å². The molecule has 0 amide bonds. The van der Waals surface area contributed by atoms with Gasteiger partial charge in [0.25, 0.3) is 0 Å². The molecule has 0 fully saturated rings. The number of hydrogen-bond acceptors (Lipinski definition) is 3. The minimum Gasteiger partial charge on any atom is -0.489 e. The van der Waals surface area contributed by atoms with Crippen molar-refractivity contribution in [3.05, 3.63) is 77.9 Å². The number of rotatable bonds is 9. The zero-order chi connectivity index (χ0) is 19.8. The lowest BCUT2D eigenvalue weighted by atomic mass is 10.0. The van der Waals surface area contributed by atoms with Gasteiger partial charge in [-0.15, -0.1) is 0 Å². The third kappa shape index (κ3) is 5.59. The maximum Gasteiger partial charge on any atom is 0.338 e. The number of carbonyl (C=O) groups is 1. The van der Waals surface area contributed by atoms with E-state index < -0.39 is 0 Å². The van der Waals surface area contributed by atoms with E-state index in [0.29, 0.717) is 24.7 Å². The lowest BCUT2D eigenvalue weighted by molar-refractivity contribution is 0.0494. The van der Waals surface area contributed by atoms with Crippen LogP contribution in [0.5, 0.6) is 5.75 Å². The Balaban J connectivity index is 1.58. The third-order valence-corrected chi connectivity index (χ3v) is 5.07. The van der Waals surface area contributed by atoms with E-state index in [1.807, 2.05) is 66.7 Å². The summed E-state index contributed by atoms with van der Waals surface area (Å²) in [5, 5.41) is 2.04. The normalized spacial score (nSPS) is 11.9. The summed E-state index contributed by atoms with van der Waals surface area (Å²) in [6.45, 7) is 5.42. The minimum absolute atomic E-state index is 0.254. The molecule has 3 aromatic carbocycles. The summed E-state index contributed by atoms with van der Waals surface area (Å²) < 4.78 is 11.3. The summed E-state index contributed by atoms with van der Waals surface area (Å²) in [6, 6.07) is 21.7. The van der Waals surface area contributed by atoms with Crippen LogP contribution in [0.3, 0.4) is 0 Å². The average molecular weight is 376 g/mol. The fourth-order valence-electron chi connectivity index (χ4n) is 3.07. The second-order valence-corrected chi connectivity index (χ2v) is 7.29. The van der Waals surface area contributed by atoms with Crippen LogP contribution in [0.1, 0.15) is 49.0 Å². The Bertz CT molecular complexity index is 902. The van der Waals surface area contributed by atoms with Gasteiger partial charge in [-0.05, 0) is 59.4 Å². The molecule has 0 spiro atoms. The molecule has 0 heterocycles. The number of ether oxygens (including phenoxy) is 2. The SMILES string of the molecule is CC[C@H](C)CCCOC(=O)c1ccc2cc(OCc3ccccc3)ccc2c1. The first-order valence-corrected chi connectivity index (χ1v) is 10.0. The van der Waals surface area contributed by atoms with Crippen molar-refractivity contribution in [3.8, 4) is 5.75 Å². The van der Waals surface area contributed by atoms with E-state index in [4.69, 9.17) is 9.47 Å². The summed E-state index contributed by atoms with van der Waals surface area (Å²) in [5.74, 6) is 1.24. The zero-order valence-electron chi connectivity index (χ0n) is 16.7. The van der Waals surface area contributed by atoms with Crippen molar-refractivity contribution in [1.82, 2.24) is 0 Å². The molecule has 0 N–H and O–H groups in total. The Morgan fingerprint density at radius 3 is 2.50 bits per heavy atom. The summed E-state index contributed by atoms with van der Waals surface area (Å²) in [7, 11) is 0. The van der Waals surface area contributed by atoms with Crippen molar-refractivity contribution in [3.63, 3.8) is 0 Å². The Hall–Kier alpha value is -2.81. The number of carbonyl (C=O) groups excluding carboxylic acids is 1. The average Bonchev–Trinajstić information content (AvgIpc) is 2.75. The fraction of sp³-hybridized carbons (Fsp3) is 0.320. The van der Waals surface area contributed by atoms with Crippen LogP contribution in [0.25, 0.3) is 10.8 Å². The van der Waals surface area contributed by atoms with Crippen molar-refractivity contribution in [1.29, 1.82) is 0 Å². The number of esters is 1. The molecule has 0 bridgehead atoms. The van der Waals surface area contributed by atoms with Crippen molar-refractivity contribution in [2.24, 2.45) is 5.92 Å². The van der Waals surface area contributed by atoms with Gasteiger partial charge in [-0.2, -0.15) is 0 Å². The van der Waals surface area contributed by atoms with E-state index in [9.17, 15) is 4.79 Å². The van der Waals surface area contributed by atoms with Gasteiger partial charge in [0.1, 0.15) is 12.4 Å². The molecule has 0 saturated carbocycles. The monoisotopic (exact) mass is 376 g/mol. The fourth-order valence-corrected chi connectivity index (χ4v) is 3.07. The molecule has 0 aliphatic heterocycles. The molecule has 0 radical (unpaired) electrons. The number of fused-ring (bicyclic) bond motifs is 1. The first kappa shape index (κ1) is 19.9. The molecule has 0 aromatic heterocycles. The summed E-state index contributed by atoms with van der Waals surface area (Å²) in [6.07, 6.45) is 3.17. The van der Waals surface area contributed by atoms with Gasteiger partial charge in [-0.3, -0.25) is 0 Å². The lowest BCUT2D eigenvalue weighted by Gasteiger charge is -2.10. The summed E-state index contributed by atoms with van der Waals surface area (Å²) in [4.78, 5) is 12.3. The molecule has 0 unspecified atom stereocenters. The molecule has 28 heavy (non-hydrogen) atoms. The summed E-state index contributed by atoms with van der Waals surface area (Å²) >= 11 is 0. The quantitative estimate of drug-likeness (QED) is 0.320. The summed E-state index contributed by atoms with van der Waals surface area (Å²) in [5.41, 5.74) is 1.73. The van der Waals surface area contributed by atoms with Crippen LogP contribution >= 0.6 is 0 Å². The highest BCUT2D eigenvalue weighted by atomic mass is 16.5. The Labute approximate surface area is 167 Å². The van der Waals surface area contributed by atoms with E-state index in [1.165, 1.54) is 0 Å². The number of hydrogen-bond donors (Lipinski definition) is 0. The smallest absolute Gasteiger partial charge is 0.338 e. The molecule has 1 atom stereocenters. The Kier molecular flexibility index (Phi) is 7.07. The third-order valence-electron chi connectivity index (χ3n) is 5.07. The molecule has 0 saturated heterocycles. The highest BCUT2D eigenvalue weighted by molar-refractivity contribution is 5.95. The van der Waals surface area contributed by atoms with Crippen molar-refractivity contribution in [2.75, 3.05) is 6.61 Å².